The molecule has 4 rings (SSSR count). The van der Waals surface area contributed by atoms with Gasteiger partial charge < -0.3 is 4.57 Å². The van der Waals surface area contributed by atoms with E-state index >= 15 is 0 Å². The largest absolute Gasteiger partial charge is 0.338 e. The number of aromatic nitrogens is 2. The molecule has 0 radical (unpaired) electrons. The predicted molar refractivity (Wildman–Crippen MR) is 71.2 cm³/mol. The third-order valence-corrected chi connectivity index (χ3v) is 3.80. The molecule has 0 unspecified atom stereocenters. The van der Waals surface area contributed by atoms with Crippen molar-refractivity contribution in [3.05, 3.63) is 41.2 Å². The number of halogens is 1. The second kappa shape index (κ2) is 3.33. The predicted octanol–water partition coefficient (Wildman–Crippen LogP) is 3.43. The van der Waals surface area contributed by atoms with E-state index in [4.69, 9.17) is 11.6 Å². The SMILES string of the molecule is O=C1CCn2c3ccc(Cl)cc3c3ccnc1c32. The summed E-state index contributed by atoms with van der Waals surface area (Å²) in [5.41, 5.74) is 2.66. The number of hydrogen-bond acceptors (Lipinski definition) is 2. The van der Waals surface area contributed by atoms with Crippen molar-refractivity contribution in [2.45, 2.75) is 13.0 Å². The molecular formula is C14H9ClN2O. The zero-order chi connectivity index (χ0) is 12.3. The molecule has 0 aliphatic carbocycles. The van der Waals surface area contributed by atoms with Crippen LogP contribution >= 0.6 is 11.6 Å². The molecule has 1 aliphatic heterocycles. The smallest absolute Gasteiger partial charge is 0.185 e. The lowest BCUT2D eigenvalue weighted by Gasteiger charge is -2.14. The minimum absolute atomic E-state index is 0.127. The summed E-state index contributed by atoms with van der Waals surface area (Å²) in [6.07, 6.45) is 2.22. The van der Waals surface area contributed by atoms with Crippen LogP contribution in [0.5, 0.6) is 0 Å². The molecule has 4 heteroatoms. The van der Waals surface area contributed by atoms with E-state index < -0.39 is 0 Å². The standard InChI is InChI=1S/C14H9ClN2O/c15-8-1-2-11-10(7-8)9-3-5-16-13-12(18)4-6-17(11)14(9)13/h1-3,5,7H,4,6H2. The maximum absolute atomic E-state index is 11.9. The van der Waals surface area contributed by atoms with Gasteiger partial charge in [0.25, 0.3) is 0 Å². The first-order valence-electron chi connectivity index (χ1n) is 5.85. The van der Waals surface area contributed by atoms with Gasteiger partial charge in [-0.05, 0) is 24.3 Å². The molecule has 3 nitrogen and oxygen atoms in total. The van der Waals surface area contributed by atoms with Crippen LogP contribution in [0.1, 0.15) is 16.9 Å². The maximum Gasteiger partial charge on any atom is 0.185 e. The topological polar surface area (TPSA) is 34.9 Å². The van der Waals surface area contributed by atoms with Crippen LogP contribution in [0.4, 0.5) is 0 Å². The Labute approximate surface area is 108 Å². The summed E-state index contributed by atoms with van der Waals surface area (Å²) in [4.78, 5) is 16.1. The normalized spacial score (nSPS) is 14.6. The van der Waals surface area contributed by atoms with Crippen molar-refractivity contribution in [3.8, 4) is 0 Å². The van der Waals surface area contributed by atoms with E-state index in [9.17, 15) is 4.79 Å². The number of rotatable bonds is 0. The van der Waals surface area contributed by atoms with Crippen LogP contribution in [0.2, 0.25) is 5.02 Å². The molecule has 18 heavy (non-hydrogen) atoms. The number of ketones is 1. The Balaban J connectivity index is 2.32. The second-order valence-electron chi connectivity index (χ2n) is 4.54. The number of fused-ring (bicyclic) bond motifs is 3. The van der Waals surface area contributed by atoms with Crippen LogP contribution in [0, 0.1) is 0 Å². The van der Waals surface area contributed by atoms with Crippen LogP contribution in [-0.4, -0.2) is 15.3 Å². The average Bonchev–Trinajstić information content (AvgIpc) is 2.69. The highest BCUT2D eigenvalue weighted by Gasteiger charge is 2.23. The maximum atomic E-state index is 11.9. The summed E-state index contributed by atoms with van der Waals surface area (Å²) in [7, 11) is 0. The van der Waals surface area contributed by atoms with Crippen LogP contribution in [0.25, 0.3) is 21.8 Å². The molecule has 1 aliphatic rings. The van der Waals surface area contributed by atoms with Crippen LogP contribution in [0.15, 0.2) is 30.5 Å². The minimum atomic E-state index is 0.127. The highest BCUT2D eigenvalue weighted by Crippen LogP contribution is 2.34. The Hall–Kier alpha value is -1.87. The molecule has 1 aromatic carbocycles. The summed E-state index contributed by atoms with van der Waals surface area (Å²) >= 11 is 6.06. The van der Waals surface area contributed by atoms with Crippen molar-refractivity contribution in [1.82, 2.24) is 9.55 Å². The van der Waals surface area contributed by atoms with Gasteiger partial charge in [-0.25, -0.2) is 0 Å². The molecule has 0 atom stereocenters. The summed E-state index contributed by atoms with van der Waals surface area (Å²) in [5, 5.41) is 2.87. The molecule has 0 fully saturated rings. The monoisotopic (exact) mass is 256 g/mol. The number of nitrogens with zero attached hydrogens (tertiary/aromatic N) is 2. The third kappa shape index (κ3) is 1.14. The zero-order valence-corrected chi connectivity index (χ0v) is 10.2. The van der Waals surface area contributed by atoms with E-state index in [0.717, 1.165) is 28.4 Å². The van der Waals surface area contributed by atoms with Gasteiger partial charge in [0.05, 0.1) is 5.52 Å². The molecule has 3 aromatic rings. The van der Waals surface area contributed by atoms with E-state index in [0.29, 0.717) is 17.1 Å². The Morgan fingerprint density at radius 2 is 2.11 bits per heavy atom. The van der Waals surface area contributed by atoms with E-state index in [-0.39, 0.29) is 5.78 Å². The van der Waals surface area contributed by atoms with Crippen molar-refractivity contribution in [3.63, 3.8) is 0 Å². The number of aryl methyl sites for hydroxylation is 1. The molecule has 88 valence electrons. The third-order valence-electron chi connectivity index (χ3n) is 3.56. The van der Waals surface area contributed by atoms with Crippen molar-refractivity contribution in [2.75, 3.05) is 0 Å². The molecule has 2 aromatic heterocycles. The first-order valence-corrected chi connectivity index (χ1v) is 6.23. The van der Waals surface area contributed by atoms with Crippen molar-refractivity contribution in [1.29, 1.82) is 0 Å². The lowest BCUT2D eigenvalue weighted by Crippen LogP contribution is -2.15. The molecule has 0 saturated heterocycles. The fourth-order valence-electron chi connectivity index (χ4n) is 2.79. The summed E-state index contributed by atoms with van der Waals surface area (Å²) in [5.74, 6) is 0.127. The first kappa shape index (κ1) is 10.1. The minimum Gasteiger partial charge on any atom is -0.338 e. The van der Waals surface area contributed by atoms with Crippen LogP contribution in [0.3, 0.4) is 0 Å². The average molecular weight is 257 g/mol. The van der Waals surface area contributed by atoms with Crippen molar-refractivity contribution >= 4 is 39.2 Å². The molecule has 0 saturated carbocycles. The van der Waals surface area contributed by atoms with Gasteiger partial charge in [-0.3, -0.25) is 9.78 Å². The fraction of sp³-hybridized carbons (Fsp3) is 0.143. The summed E-state index contributed by atoms with van der Waals surface area (Å²) in [6, 6.07) is 7.80. The highest BCUT2D eigenvalue weighted by atomic mass is 35.5. The quantitative estimate of drug-likeness (QED) is 0.618. The Morgan fingerprint density at radius 3 is 3.00 bits per heavy atom. The second-order valence-corrected chi connectivity index (χ2v) is 4.98. The lowest BCUT2D eigenvalue weighted by atomic mass is 10.1. The van der Waals surface area contributed by atoms with E-state index in [2.05, 4.69) is 9.55 Å². The van der Waals surface area contributed by atoms with E-state index in [1.807, 2.05) is 24.3 Å². The van der Waals surface area contributed by atoms with Crippen molar-refractivity contribution in [2.24, 2.45) is 0 Å². The zero-order valence-electron chi connectivity index (χ0n) is 9.48. The van der Waals surface area contributed by atoms with Gasteiger partial charge in [-0.2, -0.15) is 0 Å². The van der Waals surface area contributed by atoms with Gasteiger partial charge >= 0.3 is 0 Å². The van der Waals surface area contributed by atoms with E-state index in [1.165, 1.54) is 0 Å². The summed E-state index contributed by atoms with van der Waals surface area (Å²) in [6.45, 7) is 0.721. The van der Waals surface area contributed by atoms with Gasteiger partial charge in [0.15, 0.2) is 5.78 Å². The van der Waals surface area contributed by atoms with Crippen molar-refractivity contribution < 1.29 is 4.79 Å². The Kier molecular flexibility index (Phi) is 1.87. The number of Topliss-reactive ketones (excluding diaryl/α,β-unsaturated/α-hetero) is 1. The molecule has 0 amide bonds. The Bertz CT molecular complexity index is 819. The molecular weight excluding hydrogens is 248 g/mol. The number of benzene rings is 1. The van der Waals surface area contributed by atoms with Crippen LogP contribution < -0.4 is 0 Å². The number of hydrogen-bond donors (Lipinski definition) is 0. The van der Waals surface area contributed by atoms with E-state index in [1.54, 1.807) is 6.20 Å². The highest BCUT2D eigenvalue weighted by molar-refractivity contribution is 6.32. The van der Waals surface area contributed by atoms with Gasteiger partial charge in [-0.1, -0.05) is 11.6 Å². The number of pyridine rings is 1. The van der Waals surface area contributed by atoms with Gasteiger partial charge in [0, 0.05) is 40.5 Å². The van der Waals surface area contributed by atoms with Gasteiger partial charge in [0.1, 0.15) is 5.69 Å². The number of carbonyl (C=O) groups excluding carboxylic acids is 1. The molecule has 0 bridgehead atoms. The summed E-state index contributed by atoms with van der Waals surface area (Å²) < 4.78 is 2.17. The van der Waals surface area contributed by atoms with Gasteiger partial charge in [-0.15, -0.1) is 0 Å². The fourth-order valence-corrected chi connectivity index (χ4v) is 2.96. The Morgan fingerprint density at radius 1 is 1.22 bits per heavy atom. The molecule has 0 spiro atoms. The molecule has 3 heterocycles. The lowest BCUT2D eigenvalue weighted by molar-refractivity contribution is 0.0969. The first-order chi connectivity index (χ1) is 8.75. The van der Waals surface area contributed by atoms with Crippen LogP contribution in [-0.2, 0) is 6.54 Å². The van der Waals surface area contributed by atoms with Gasteiger partial charge in [0.2, 0.25) is 0 Å². The number of carbonyl (C=O) groups is 1. The molecule has 0 N–H and O–H groups in total.